The van der Waals surface area contributed by atoms with Crippen molar-refractivity contribution in [3.8, 4) is 5.75 Å². The Morgan fingerprint density at radius 2 is 2.17 bits per heavy atom. The summed E-state index contributed by atoms with van der Waals surface area (Å²) in [5.41, 5.74) is 6.17. The van der Waals surface area contributed by atoms with Crippen molar-refractivity contribution in [1.82, 2.24) is 0 Å². The highest BCUT2D eigenvalue weighted by molar-refractivity contribution is 5.30. The fraction of sp³-hybridized carbons (Fsp3) is 0.467. The van der Waals surface area contributed by atoms with Gasteiger partial charge in [0.05, 0.1) is 6.61 Å². The summed E-state index contributed by atoms with van der Waals surface area (Å²) in [7, 11) is 0. The lowest BCUT2D eigenvalue weighted by Gasteiger charge is -2.10. The van der Waals surface area contributed by atoms with Crippen molar-refractivity contribution in [1.29, 1.82) is 0 Å². The lowest BCUT2D eigenvalue weighted by molar-refractivity contribution is 0.303. The van der Waals surface area contributed by atoms with Gasteiger partial charge in [0.25, 0.3) is 0 Å². The maximum Gasteiger partial charge on any atom is 0.131 e. The minimum Gasteiger partial charge on any atom is -0.493 e. The van der Waals surface area contributed by atoms with Crippen LogP contribution in [0, 0.1) is 5.82 Å². The quantitative estimate of drug-likeness (QED) is 0.560. The van der Waals surface area contributed by atoms with E-state index in [-0.39, 0.29) is 11.9 Å². The number of unbranched alkanes of at least 4 members (excludes halogenated alkanes) is 3. The molecular weight excluding hydrogens is 229 g/mol. The van der Waals surface area contributed by atoms with Gasteiger partial charge in [0.15, 0.2) is 0 Å². The number of benzene rings is 1. The lowest BCUT2D eigenvalue weighted by Crippen LogP contribution is -2.07. The van der Waals surface area contributed by atoms with E-state index in [0.717, 1.165) is 25.7 Å². The molecule has 0 radical (unpaired) electrons. The summed E-state index contributed by atoms with van der Waals surface area (Å²) in [5, 5.41) is 0. The van der Waals surface area contributed by atoms with Gasteiger partial charge < -0.3 is 10.5 Å². The normalized spacial score (nSPS) is 12.2. The van der Waals surface area contributed by atoms with Crippen LogP contribution in [0.2, 0.25) is 0 Å². The summed E-state index contributed by atoms with van der Waals surface area (Å²) in [6.45, 7) is 6.06. The molecule has 0 bridgehead atoms. The van der Waals surface area contributed by atoms with Gasteiger partial charge in [0.1, 0.15) is 11.6 Å². The van der Waals surface area contributed by atoms with E-state index in [1.807, 2.05) is 6.08 Å². The monoisotopic (exact) mass is 251 g/mol. The van der Waals surface area contributed by atoms with Crippen molar-refractivity contribution in [2.45, 2.75) is 38.6 Å². The van der Waals surface area contributed by atoms with E-state index in [4.69, 9.17) is 10.5 Å². The average Bonchev–Trinajstić information content (AvgIpc) is 2.33. The number of hydrogen-bond acceptors (Lipinski definition) is 2. The van der Waals surface area contributed by atoms with Gasteiger partial charge in [-0.15, -0.1) is 6.58 Å². The highest BCUT2D eigenvalue weighted by Gasteiger charge is 2.07. The topological polar surface area (TPSA) is 35.2 Å². The van der Waals surface area contributed by atoms with Crippen LogP contribution in [0.4, 0.5) is 4.39 Å². The molecule has 1 aromatic rings. The van der Waals surface area contributed by atoms with Crippen LogP contribution in [-0.2, 0) is 0 Å². The summed E-state index contributed by atoms with van der Waals surface area (Å²) >= 11 is 0. The van der Waals surface area contributed by atoms with Gasteiger partial charge in [0.2, 0.25) is 0 Å². The van der Waals surface area contributed by atoms with E-state index in [1.165, 1.54) is 6.07 Å². The Hall–Kier alpha value is -1.35. The molecule has 1 unspecified atom stereocenters. The minimum atomic E-state index is -0.297. The van der Waals surface area contributed by atoms with E-state index in [2.05, 4.69) is 6.58 Å². The molecule has 0 aromatic heterocycles. The van der Waals surface area contributed by atoms with Crippen LogP contribution in [0.25, 0.3) is 0 Å². The van der Waals surface area contributed by atoms with Gasteiger partial charge in [-0.2, -0.15) is 0 Å². The van der Waals surface area contributed by atoms with Crippen LogP contribution < -0.4 is 10.5 Å². The second-order valence-electron chi connectivity index (χ2n) is 4.46. The molecule has 1 aromatic carbocycles. The molecule has 0 fully saturated rings. The Morgan fingerprint density at radius 1 is 1.39 bits per heavy atom. The van der Waals surface area contributed by atoms with Crippen molar-refractivity contribution in [3.63, 3.8) is 0 Å². The third-order valence-corrected chi connectivity index (χ3v) is 2.78. The molecule has 18 heavy (non-hydrogen) atoms. The fourth-order valence-corrected chi connectivity index (χ4v) is 1.72. The number of nitrogens with two attached hydrogens (primary N) is 1. The number of ether oxygens (including phenoxy) is 1. The summed E-state index contributed by atoms with van der Waals surface area (Å²) in [4.78, 5) is 0. The second kappa shape index (κ2) is 7.88. The molecule has 0 aliphatic carbocycles. The Bertz CT molecular complexity index is 377. The maximum absolute atomic E-state index is 13.6. The zero-order valence-electron chi connectivity index (χ0n) is 11.0. The van der Waals surface area contributed by atoms with Gasteiger partial charge in [-0.05, 0) is 38.7 Å². The predicted molar refractivity (Wildman–Crippen MR) is 73.2 cm³/mol. The van der Waals surface area contributed by atoms with E-state index in [1.54, 1.807) is 19.1 Å². The highest BCUT2D eigenvalue weighted by Crippen LogP contribution is 2.20. The van der Waals surface area contributed by atoms with Gasteiger partial charge in [-0.25, -0.2) is 4.39 Å². The molecule has 2 nitrogen and oxygen atoms in total. The Labute approximate surface area is 109 Å². The molecular formula is C15H22FNO. The van der Waals surface area contributed by atoms with Crippen molar-refractivity contribution in [2.75, 3.05) is 6.61 Å². The standard InChI is InChI=1S/C15H22FNO/c1-3-4-5-6-7-10-18-13-8-9-14(12(2)17)15(16)11-13/h3,8-9,11-12H,1,4-7,10,17H2,2H3. The maximum atomic E-state index is 13.6. The first kappa shape index (κ1) is 14.7. The van der Waals surface area contributed by atoms with Gasteiger partial charge >= 0.3 is 0 Å². The first-order valence-corrected chi connectivity index (χ1v) is 6.44. The SMILES string of the molecule is C=CCCCCCOc1ccc(C(C)N)c(F)c1. The van der Waals surface area contributed by atoms with Gasteiger partial charge in [-0.3, -0.25) is 0 Å². The molecule has 0 aliphatic heterocycles. The molecule has 100 valence electrons. The van der Waals surface area contributed by atoms with Crippen LogP contribution in [0.3, 0.4) is 0 Å². The average molecular weight is 251 g/mol. The number of halogens is 1. The first-order chi connectivity index (χ1) is 8.65. The third kappa shape index (κ3) is 4.88. The molecule has 0 spiro atoms. The zero-order valence-corrected chi connectivity index (χ0v) is 11.0. The summed E-state index contributed by atoms with van der Waals surface area (Å²) in [6, 6.07) is 4.57. The summed E-state index contributed by atoms with van der Waals surface area (Å²) < 4.78 is 19.1. The van der Waals surface area contributed by atoms with E-state index >= 15 is 0 Å². The largest absolute Gasteiger partial charge is 0.493 e. The Kier molecular flexibility index (Phi) is 6.44. The van der Waals surface area contributed by atoms with Crippen molar-refractivity contribution in [2.24, 2.45) is 5.73 Å². The molecule has 0 saturated heterocycles. The number of hydrogen-bond donors (Lipinski definition) is 1. The second-order valence-corrected chi connectivity index (χ2v) is 4.46. The highest BCUT2D eigenvalue weighted by atomic mass is 19.1. The Balaban J connectivity index is 2.35. The molecule has 0 amide bonds. The van der Waals surface area contributed by atoms with Crippen LogP contribution in [0.5, 0.6) is 5.75 Å². The first-order valence-electron chi connectivity index (χ1n) is 6.44. The zero-order chi connectivity index (χ0) is 13.4. The predicted octanol–water partition coefficient (Wildman–Crippen LogP) is 3.97. The molecule has 3 heteroatoms. The van der Waals surface area contributed by atoms with Crippen LogP contribution >= 0.6 is 0 Å². The molecule has 1 atom stereocenters. The minimum absolute atomic E-state index is 0.294. The van der Waals surface area contributed by atoms with Crippen molar-refractivity contribution in [3.05, 3.63) is 42.2 Å². The third-order valence-electron chi connectivity index (χ3n) is 2.78. The van der Waals surface area contributed by atoms with E-state index < -0.39 is 0 Å². The summed E-state index contributed by atoms with van der Waals surface area (Å²) in [6.07, 6.45) is 6.17. The van der Waals surface area contributed by atoms with Crippen molar-refractivity contribution >= 4 is 0 Å². The van der Waals surface area contributed by atoms with Gasteiger partial charge in [0, 0.05) is 17.7 Å². The number of rotatable bonds is 8. The fourth-order valence-electron chi connectivity index (χ4n) is 1.72. The van der Waals surface area contributed by atoms with Crippen LogP contribution in [0.1, 0.15) is 44.2 Å². The van der Waals surface area contributed by atoms with Crippen molar-refractivity contribution < 1.29 is 9.13 Å². The molecule has 0 saturated carbocycles. The van der Waals surface area contributed by atoms with E-state index in [9.17, 15) is 4.39 Å². The van der Waals surface area contributed by atoms with Crippen LogP contribution in [0.15, 0.2) is 30.9 Å². The smallest absolute Gasteiger partial charge is 0.131 e. The summed E-state index contributed by atoms with van der Waals surface area (Å²) in [5.74, 6) is 0.273. The Morgan fingerprint density at radius 3 is 2.78 bits per heavy atom. The molecule has 2 N–H and O–H groups in total. The number of allylic oxidation sites excluding steroid dienone is 1. The lowest BCUT2D eigenvalue weighted by atomic mass is 10.1. The van der Waals surface area contributed by atoms with Crippen LogP contribution in [-0.4, -0.2) is 6.61 Å². The van der Waals surface area contributed by atoms with E-state index in [0.29, 0.717) is 17.9 Å². The molecule has 0 aliphatic rings. The molecule has 0 heterocycles. The molecule has 1 rings (SSSR count). The van der Waals surface area contributed by atoms with Gasteiger partial charge in [-0.1, -0.05) is 12.1 Å².